The van der Waals surface area contributed by atoms with Gasteiger partial charge in [-0.1, -0.05) is 32.9 Å². The van der Waals surface area contributed by atoms with Gasteiger partial charge in [0, 0.05) is 0 Å². The molecule has 1 atom stereocenters. The van der Waals surface area contributed by atoms with Crippen molar-refractivity contribution in [1.29, 1.82) is 0 Å². The predicted molar refractivity (Wildman–Crippen MR) is 96.7 cm³/mol. The highest BCUT2D eigenvalue weighted by Crippen LogP contribution is 2.32. The molecule has 0 amide bonds. The minimum Gasteiger partial charge on any atom is -0.488 e. The van der Waals surface area contributed by atoms with Crippen molar-refractivity contribution in [3.05, 3.63) is 42.0 Å². The van der Waals surface area contributed by atoms with E-state index in [-0.39, 0.29) is 6.10 Å². The van der Waals surface area contributed by atoms with Crippen molar-refractivity contribution in [2.24, 2.45) is 5.92 Å². The number of para-hydroxylation sites is 2. The van der Waals surface area contributed by atoms with Gasteiger partial charge in [-0.05, 0) is 35.9 Å². The topological polar surface area (TPSA) is 47.0 Å². The molecule has 1 aromatic carbocycles. The van der Waals surface area contributed by atoms with Crippen LogP contribution in [0.1, 0.15) is 27.2 Å². The quantitative estimate of drug-likeness (QED) is 0.672. The van der Waals surface area contributed by atoms with Crippen LogP contribution in [-0.2, 0) is 0 Å². The average Bonchev–Trinajstić information content (AvgIpc) is 3.03. The van der Waals surface area contributed by atoms with Gasteiger partial charge in [0.1, 0.15) is 28.8 Å². The highest BCUT2D eigenvalue weighted by molar-refractivity contribution is 7.16. The van der Waals surface area contributed by atoms with Crippen LogP contribution in [0.5, 0.6) is 5.75 Å². The SMILES string of the molecule is CCC(Oc1ccccc1Nc1ncnc2sccc12)C(C)C. The summed E-state index contributed by atoms with van der Waals surface area (Å²) in [5, 5.41) is 6.46. The smallest absolute Gasteiger partial charge is 0.143 e. The summed E-state index contributed by atoms with van der Waals surface area (Å²) in [6.45, 7) is 6.52. The molecule has 1 unspecified atom stereocenters. The van der Waals surface area contributed by atoms with E-state index in [1.807, 2.05) is 35.7 Å². The molecule has 3 aromatic rings. The van der Waals surface area contributed by atoms with Gasteiger partial charge in [-0.3, -0.25) is 0 Å². The highest BCUT2D eigenvalue weighted by atomic mass is 32.1. The van der Waals surface area contributed by atoms with E-state index in [9.17, 15) is 0 Å². The Labute approximate surface area is 140 Å². The Bertz CT molecular complexity index is 785. The number of nitrogens with zero attached hydrogens (tertiary/aromatic N) is 2. The summed E-state index contributed by atoms with van der Waals surface area (Å²) in [4.78, 5) is 9.65. The maximum absolute atomic E-state index is 6.22. The first-order valence-electron chi connectivity index (χ1n) is 7.90. The molecule has 0 bridgehead atoms. The molecule has 120 valence electrons. The lowest BCUT2D eigenvalue weighted by molar-refractivity contribution is 0.148. The van der Waals surface area contributed by atoms with Crippen LogP contribution in [0.4, 0.5) is 11.5 Å². The zero-order valence-corrected chi connectivity index (χ0v) is 14.4. The number of aromatic nitrogens is 2. The molecule has 0 aliphatic heterocycles. The molecular formula is C18H21N3OS. The number of rotatable bonds is 6. The van der Waals surface area contributed by atoms with Gasteiger partial charge < -0.3 is 10.1 Å². The van der Waals surface area contributed by atoms with Gasteiger partial charge in [0.05, 0.1) is 11.1 Å². The molecule has 23 heavy (non-hydrogen) atoms. The van der Waals surface area contributed by atoms with Gasteiger partial charge >= 0.3 is 0 Å². The first-order valence-corrected chi connectivity index (χ1v) is 8.78. The van der Waals surface area contributed by atoms with Gasteiger partial charge in [-0.25, -0.2) is 9.97 Å². The zero-order chi connectivity index (χ0) is 16.2. The molecule has 5 heteroatoms. The van der Waals surface area contributed by atoms with Crippen LogP contribution in [0, 0.1) is 5.92 Å². The summed E-state index contributed by atoms with van der Waals surface area (Å²) in [5.74, 6) is 2.13. The first kappa shape index (κ1) is 15.7. The van der Waals surface area contributed by atoms with Crippen LogP contribution < -0.4 is 10.1 Å². The van der Waals surface area contributed by atoms with Gasteiger partial charge in [0.25, 0.3) is 0 Å². The van der Waals surface area contributed by atoms with Crippen molar-refractivity contribution < 1.29 is 4.74 Å². The maximum atomic E-state index is 6.22. The van der Waals surface area contributed by atoms with E-state index in [1.165, 1.54) is 0 Å². The number of hydrogen-bond donors (Lipinski definition) is 1. The Morgan fingerprint density at radius 1 is 1.17 bits per heavy atom. The molecule has 4 nitrogen and oxygen atoms in total. The van der Waals surface area contributed by atoms with E-state index in [0.29, 0.717) is 5.92 Å². The number of nitrogens with one attached hydrogen (secondary N) is 1. The second kappa shape index (κ2) is 6.96. The summed E-state index contributed by atoms with van der Waals surface area (Å²) >= 11 is 1.61. The molecule has 2 aromatic heterocycles. The van der Waals surface area contributed by atoms with Crippen LogP contribution in [-0.4, -0.2) is 16.1 Å². The van der Waals surface area contributed by atoms with Crippen molar-refractivity contribution in [1.82, 2.24) is 9.97 Å². The van der Waals surface area contributed by atoms with E-state index in [1.54, 1.807) is 17.7 Å². The number of anilines is 2. The van der Waals surface area contributed by atoms with Gasteiger partial charge in [-0.15, -0.1) is 11.3 Å². The average molecular weight is 327 g/mol. The molecule has 0 radical (unpaired) electrons. The van der Waals surface area contributed by atoms with Crippen molar-refractivity contribution >= 4 is 33.1 Å². The summed E-state index contributed by atoms with van der Waals surface area (Å²) in [5.41, 5.74) is 0.929. The molecular weight excluding hydrogens is 306 g/mol. The van der Waals surface area contributed by atoms with Crippen LogP contribution >= 0.6 is 11.3 Å². The fourth-order valence-corrected chi connectivity index (χ4v) is 3.28. The molecule has 1 N–H and O–H groups in total. The lowest BCUT2D eigenvalue weighted by Gasteiger charge is -2.23. The van der Waals surface area contributed by atoms with Crippen LogP contribution in [0.3, 0.4) is 0 Å². The van der Waals surface area contributed by atoms with Crippen molar-refractivity contribution in [3.63, 3.8) is 0 Å². The summed E-state index contributed by atoms with van der Waals surface area (Å²) in [7, 11) is 0. The van der Waals surface area contributed by atoms with Crippen molar-refractivity contribution in [2.75, 3.05) is 5.32 Å². The number of thiophene rings is 1. The van der Waals surface area contributed by atoms with Crippen LogP contribution in [0.2, 0.25) is 0 Å². The predicted octanol–water partition coefficient (Wildman–Crippen LogP) is 5.25. The third-order valence-electron chi connectivity index (χ3n) is 3.83. The number of ether oxygens (including phenoxy) is 1. The lowest BCUT2D eigenvalue weighted by atomic mass is 10.1. The lowest BCUT2D eigenvalue weighted by Crippen LogP contribution is -2.22. The van der Waals surface area contributed by atoms with E-state index >= 15 is 0 Å². The normalized spacial score (nSPS) is 12.5. The van der Waals surface area contributed by atoms with E-state index < -0.39 is 0 Å². The standard InChI is InChI=1S/C18H21N3OS/c1-4-15(12(2)3)22-16-8-6-5-7-14(16)21-17-13-9-10-23-18(13)20-11-19-17/h5-12,15H,4H2,1-3H3,(H,19,20,21). The molecule has 2 heterocycles. The number of fused-ring (bicyclic) bond motifs is 1. The fourth-order valence-electron chi connectivity index (χ4n) is 2.54. The third-order valence-corrected chi connectivity index (χ3v) is 4.65. The second-order valence-electron chi connectivity index (χ2n) is 5.79. The molecule has 0 saturated heterocycles. The van der Waals surface area contributed by atoms with Crippen LogP contribution in [0.25, 0.3) is 10.2 Å². The van der Waals surface area contributed by atoms with Gasteiger partial charge in [0.15, 0.2) is 0 Å². The summed E-state index contributed by atoms with van der Waals surface area (Å²) in [6.07, 6.45) is 2.77. The zero-order valence-electron chi connectivity index (χ0n) is 13.6. The van der Waals surface area contributed by atoms with E-state index in [4.69, 9.17) is 4.74 Å². The monoisotopic (exact) mass is 327 g/mol. The van der Waals surface area contributed by atoms with Gasteiger partial charge in [-0.2, -0.15) is 0 Å². The Morgan fingerprint density at radius 2 is 2.00 bits per heavy atom. The third kappa shape index (κ3) is 3.45. The minimum absolute atomic E-state index is 0.199. The van der Waals surface area contributed by atoms with Crippen molar-refractivity contribution in [3.8, 4) is 5.75 Å². The second-order valence-corrected chi connectivity index (χ2v) is 6.69. The number of hydrogen-bond acceptors (Lipinski definition) is 5. The Balaban J connectivity index is 1.90. The minimum atomic E-state index is 0.199. The molecule has 0 aliphatic rings. The molecule has 3 rings (SSSR count). The number of benzene rings is 1. The fraction of sp³-hybridized carbons (Fsp3) is 0.333. The largest absolute Gasteiger partial charge is 0.488 e. The first-order chi connectivity index (χ1) is 11.2. The Morgan fingerprint density at radius 3 is 2.78 bits per heavy atom. The molecule has 0 spiro atoms. The van der Waals surface area contributed by atoms with Gasteiger partial charge in [0.2, 0.25) is 0 Å². The van der Waals surface area contributed by atoms with Crippen LogP contribution in [0.15, 0.2) is 42.0 Å². The Kier molecular flexibility index (Phi) is 4.76. The van der Waals surface area contributed by atoms with E-state index in [0.717, 1.165) is 33.9 Å². The van der Waals surface area contributed by atoms with E-state index in [2.05, 4.69) is 36.1 Å². The summed E-state index contributed by atoms with van der Waals surface area (Å²) < 4.78 is 6.22. The maximum Gasteiger partial charge on any atom is 0.143 e. The van der Waals surface area contributed by atoms with Crippen molar-refractivity contribution in [2.45, 2.75) is 33.3 Å². The molecule has 0 aliphatic carbocycles. The Hall–Kier alpha value is -2.14. The highest BCUT2D eigenvalue weighted by Gasteiger charge is 2.15. The summed E-state index contributed by atoms with van der Waals surface area (Å²) in [6, 6.07) is 10.0. The molecule has 0 fully saturated rings. The molecule has 0 saturated carbocycles.